The minimum Gasteiger partial charge on any atom is -0.497 e. The van der Waals surface area contributed by atoms with Gasteiger partial charge >= 0.3 is 0 Å². The third-order valence-corrected chi connectivity index (χ3v) is 4.42. The van der Waals surface area contributed by atoms with Crippen molar-refractivity contribution in [3.05, 3.63) is 71.4 Å². The largest absolute Gasteiger partial charge is 0.497 e. The van der Waals surface area contributed by atoms with Crippen LogP contribution in [0.5, 0.6) is 5.75 Å². The molecular formula is C18H14FNO2S. The number of carbonyl (C=O) groups is 1. The quantitative estimate of drug-likeness (QED) is 0.746. The summed E-state index contributed by atoms with van der Waals surface area (Å²) < 4.78 is 18.1. The fourth-order valence-corrected chi connectivity index (χ4v) is 3.03. The third kappa shape index (κ3) is 3.57. The van der Waals surface area contributed by atoms with Gasteiger partial charge in [0, 0.05) is 16.6 Å². The Bertz CT molecular complexity index is 827. The average molecular weight is 327 g/mol. The van der Waals surface area contributed by atoms with E-state index in [1.807, 2.05) is 18.2 Å². The molecule has 5 heteroatoms. The number of carbonyl (C=O) groups excluding carboxylic acids is 1. The number of methoxy groups -OCH3 is 1. The van der Waals surface area contributed by atoms with E-state index in [-0.39, 0.29) is 11.7 Å². The smallest absolute Gasteiger partial charge is 0.265 e. The molecule has 0 bridgehead atoms. The van der Waals surface area contributed by atoms with Crippen LogP contribution < -0.4 is 10.1 Å². The molecule has 0 aliphatic heterocycles. The fourth-order valence-electron chi connectivity index (χ4n) is 2.12. The van der Waals surface area contributed by atoms with Crippen molar-refractivity contribution in [3.8, 4) is 16.2 Å². The lowest BCUT2D eigenvalue weighted by molar-refractivity contribution is 0.103. The van der Waals surface area contributed by atoms with Gasteiger partial charge in [-0.15, -0.1) is 11.3 Å². The fraction of sp³-hybridized carbons (Fsp3) is 0.0556. The zero-order valence-electron chi connectivity index (χ0n) is 12.4. The van der Waals surface area contributed by atoms with E-state index >= 15 is 0 Å². The van der Waals surface area contributed by atoms with E-state index < -0.39 is 0 Å². The molecule has 3 nitrogen and oxygen atoms in total. The molecule has 1 N–H and O–H groups in total. The maximum atomic E-state index is 13.0. The number of anilines is 1. The molecule has 0 aliphatic rings. The molecule has 0 fully saturated rings. The number of nitrogens with one attached hydrogen (secondary N) is 1. The van der Waals surface area contributed by atoms with Crippen molar-refractivity contribution >= 4 is 22.9 Å². The Kier molecular flexibility index (Phi) is 4.39. The van der Waals surface area contributed by atoms with Crippen LogP contribution >= 0.6 is 11.3 Å². The molecule has 3 aromatic rings. The lowest BCUT2D eigenvalue weighted by Crippen LogP contribution is -2.09. The number of hydrogen-bond acceptors (Lipinski definition) is 3. The molecule has 1 aromatic heterocycles. The Morgan fingerprint density at radius 3 is 2.61 bits per heavy atom. The Morgan fingerprint density at radius 2 is 1.87 bits per heavy atom. The molecule has 0 spiro atoms. The summed E-state index contributed by atoms with van der Waals surface area (Å²) >= 11 is 1.36. The van der Waals surface area contributed by atoms with Gasteiger partial charge in [0.05, 0.1) is 12.0 Å². The Labute approximate surface area is 137 Å². The summed E-state index contributed by atoms with van der Waals surface area (Å²) in [5, 5.41) is 2.84. The van der Waals surface area contributed by atoms with Crippen LogP contribution in [0.25, 0.3) is 10.4 Å². The maximum Gasteiger partial charge on any atom is 0.265 e. The van der Waals surface area contributed by atoms with E-state index in [1.54, 1.807) is 37.4 Å². The number of halogens is 1. The molecule has 1 heterocycles. The molecule has 0 aliphatic carbocycles. The number of benzene rings is 2. The highest BCUT2D eigenvalue weighted by Gasteiger charge is 2.11. The molecule has 0 unspecified atom stereocenters. The molecular weight excluding hydrogens is 313 g/mol. The van der Waals surface area contributed by atoms with Crippen molar-refractivity contribution in [2.75, 3.05) is 12.4 Å². The van der Waals surface area contributed by atoms with Gasteiger partial charge in [0.15, 0.2) is 0 Å². The minimum atomic E-state index is -0.277. The summed E-state index contributed by atoms with van der Waals surface area (Å²) in [5.74, 6) is 0.221. The summed E-state index contributed by atoms with van der Waals surface area (Å²) in [7, 11) is 1.58. The molecule has 3 rings (SSSR count). The van der Waals surface area contributed by atoms with Crippen LogP contribution in [0.4, 0.5) is 10.1 Å². The second-order valence-corrected chi connectivity index (χ2v) is 5.94. The molecule has 2 aromatic carbocycles. The Morgan fingerprint density at radius 1 is 1.09 bits per heavy atom. The van der Waals surface area contributed by atoms with Gasteiger partial charge in [-0.2, -0.15) is 0 Å². The van der Waals surface area contributed by atoms with Crippen LogP contribution in [-0.2, 0) is 0 Å². The molecule has 23 heavy (non-hydrogen) atoms. The highest BCUT2D eigenvalue weighted by Crippen LogP contribution is 2.29. The van der Waals surface area contributed by atoms with Crippen molar-refractivity contribution in [1.82, 2.24) is 0 Å². The van der Waals surface area contributed by atoms with Gasteiger partial charge < -0.3 is 10.1 Å². The van der Waals surface area contributed by atoms with Gasteiger partial charge in [0.1, 0.15) is 11.6 Å². The van der Waals surface area contributed by atoms with Gasteiger partial charge in [-0.3, -0.25) is 4.79 Å². The molecule has 0 radical (unpaired) electrons. The van der Waals surface area contributed by atoms with Crippen LogP contribution in [0, 0.1) is 5.82 Å². The lowest BCUT2D eigenvalue weighted by Gasteiger charge is -2.05. The number of thiophene rings is 1. The first-order valence-electron chi connectivity index (χ1n) is 6.97. The lowest BCUT2D eigenvalue weighted by atomic mass is 10.2. The zero-order valence-corrected chi connectivity index (χ0v) is 13.2. The van der Waals surface area contributed by atoms with E-state index in [0.29, 0.717) is 16.3 Å². The highest BCUT2D eigenvalue weighted by atomic mass is 32.1. The first-order chi connectivity index (χ1) is 11.2. The standard InChI is InChI=1S/C18H14FNO2S/c1-22-15-4-2-3-14(11-15)20-18(21)17-10-9-16(23-17)12-5-7-13(19)8-6-12/h2-11H,1H3,(H,20,21). The molecule has 0 saturated carbocycles. The number of amides is 1. The second-order valence-electron chi connectivity index (χ2n) is 4.86. The normalized spacial score (nSPS) is 10.3. The first-order valence-corrected chi connectivity index (χ1v) is 7.78. The predicted octanol–water partition coefficient (Wildman–Crippen LogP) is 4.82. The van der Waals surface area contributed by atoms with E-state index in [0.717, 1.165) is 10.4 Å². The van der Waals surface area contributed by atoms with E-state index in [9.17, 15) is 9.18 Å². The molecule has 0 saturated heterocycles. The van der Waals surface area contributed by atoms with E-state index in [1.165, 1.54) is 23.5 Å². The van der Waals surface area contributed by atoms with E-state index in [2.05, 4.69) is 5.32 Å². The van der Waals surface area contributed by atoms with Crippen LogP contribution in [-0.4, -0.2) is 13.0 Å². The molecule has 116 valence electrons. The number of rotatable bonds is 4. The number of ether oxygens (including phenoxy) is 1. The average Bonchev–Trinajstić information content (AvgIpc) is 3.06. The Balaban J connectivity index is 1.76. The minimum absolute atomic E-state index is 0.184. The summed E-state index contributed by atoms with van der Waals surface area (Å²) in [4.78, 5) is 13.8. The van der Waals surface area contributed by atoms with Crippen molar-refractivity contribution in [2.24, 2.45) is 0 Å². The molecule has 1 amide bonds. The predicted molar refractivity (Wildman–Crippen MR) is 90.7 cm³/mol. The van der Waals surface area contributed by atoms with Gasteiger partial charge in [-0.05, 0) is 42.0 Å². The van der Waals surface area contributed by atoms with Gasteiger partial charge in [0.2, 0.25) is 0 Å². The molecule has 0 atom stereocenters. The van der Waals surface area contributed by atoms with Crippen molar-refractivity contribution < 1.29 is 13.9 Å². The van der Waals surface area contributed by atoms with Gasteiger partial charge in [0.25, 0.3) is 5.91 Å². The van der Waals surface area contributed by atoms with Crippen LogP contribution in [0.3, 0.4) is 0 Å². The van der Waals surface area contributed by atoms with Gasteiger partial charge in [-0.1, -0.05) is 18.2 Å². The van der Waals surface area contributed by atoms with Crippen molar-refractivity contribution in [1.29, 1.82) is 0 Å². The number of hydrogen-bond donors (Lipinski definition) is 1. The second kappa shape index (κ2) is 6.62. The topological polar surface area (TPSA) is 38.3 Å². The summed E-state index contributed by atoms with van der Waals surface area (Å²) in [6.07, 6.45) is 0. The van der Waals surface area contributed by atoms with Gasteiger partial charge in [-0.25, -0.2) is 4.39 Å². The van der Waals surface area contributed by atoms with Crippen molar-refractivity contribution in [2.45, 2.75) is 0 Å². The highest BCUT2D eigenvalue weighted by molar-refractivity contribution is 7.17. The monoisotopic (exact) mass is 327 g/mol. The van der Waals surface area contributed by atoms with Crippen LogP contribution in [0.2, 0.25) is 0 Å². The first kappa shape index (κ1) is 15.2. The third-order valence-electron chi connectivity index (χ3n) is 3.29. The maximum absolute atomic E-state index is 13.0. The SMILES string of the molecule is COc1cccc(NC(=O)c2ccc(-c3ccc(F)cc3)s2)c1. The summed E-state index contributed by atoms with van der Waals surface area (Å²) in [6.45, 7) is 0. The Hall–Kier alpha value is -2.66. The van der Waals surface area contributed by atoms with Crippen LogP contribution in [0.1, 0.15) is 9.67 Å². The zero-order chi connectivity index (χ0) is 16.2. The summed E-state index contributed by atoms with van der Waals surface area (Å²) in [5.41, 5.74) is 1.56. The van der Waals surface area contributed by atoms with Crippen molar-refractivity contribution in [3.63, 3.8) is 0 Å². The van der Waals surface area contributed by atoms with Crippen LogP contribution in [0.15, 0.2) is 60.7 Å². The summed E-state index contributed by atoms with van der Waals surface area (Å²) in [6, 6.07) is 17.0. The van der Waals surface area contributed by atoms with E-state index in [4.69, 9.17) is 4.74 Å².